The van der Waals surface area contributed by atoms with Crippen molar-refractivity contribution in [2.45, 2.75) is 12.3 Å². The van der Waals surface area contributed by atoms with E-state index >= 15 is 0 Å². The highest BCUT2D eigenvalue weighted by Gasteiger charge is 2.13. The number of halogens is 2. The maximum Gasteiger partial charge on any atom is 0.319 e. The van der Waals surface area contributed by atoms with Crippen LogP contribution in [-0.2, 0) is 9.53 Å². The number of nitrogens with one attached hydrogen (secondary N) is 1. The Morgan fingerprint density at radius 1 is 1.42 bits per heavy atom. The third-order valence-electron chi connectivity index (χ3n) is 2.78. The largest absolute Gasteiger partial charge is 0.468 e. The van der Waals surface area contributed by atoms with Gasteiger partial charge in [-0.05, 0) is 30.0 Å². The standard InChI is InChI=1S/C13H17Cl2NO3/c1-19-13(18)8-16-7-10(4-5-17)9-2-3-11(14)12(15)6-9/h2-3,6,10,16-17H,4-5,7-8H2,1H3. The van der Waals surface area contributed by atoms with Gasteiger partial charge < -0.3 is 15.2 Å². The van der Waals surface area contributed by atoms with Gasteiger partial charge >= 0.3 is 5.97 Å². The lowest BCUT2D eigenvalue weighted by Crippen LogP contribution is -2.28. The second-order valence-corrected chi connectivity index (χ2v) is 4.90. The summed E-state index contributed by atoms with van der Waals surface area (Å²) in [6.45, 7) is 0.748. The molecule has 1 unspecified atom stereocenters. The first-order valence-corrected chi connectivity index (χ1v) is 6.67. The minimum atomic E-state index is -0.322. The van der Waals surface area contributed by atoms with Crippen molar-refractivity contribution < 1.29 is 14.6 Å². The van der Waals surface area contributed by atoms with Crippen LogP contribution in [0.4, 0.5) is 0 Å². The van der Waals surface area contributed by atoms with Crippen molar-refractivity contribution in [1.29, 1.82) is 0 Å². The van der Waals surface area contributed by atoms with Crippen LogP contribution >= 0.6 is 23.2 Å². The van der Waals surface area contributed by atoms with E-state index in [0.29, 0.717) is 23.0 Å². The Kier molecular flexibility index (Phi) is 7.16. The lowest BCUT2D eigenvalue weighted by molar-refractivity contribution is -0.139. The fraction of sp³-hybridized carbons (Fsp3) is 0.462. The van der Waals surface area contributed by atoms with E-state index in [4.69, 9.17) is 28.3 Å². The van der Waals surface area contributed by atoms with Crippen LogP contribution in [-0.4, -0.2) is 37.9 Å². The maximum absolute atomic E-state index is 11.0. The molecule has 0 fully saturated rings. The van der Waals surface area contributed by atoms with Crippen LogP contribution in [0.5, 0.6) is 0 Å². The van der Waals surface area contributed by atoms with Gasteiger partial charge in [0.2, 0.25) is 0 Å². The average Bonchev–Trinajstić information content (AvgIpc) is 2.40. The van der Waals surface area contributed by atoms with E-state index in [1.807, 2.05) is 6.07 Å². The number of carbonyl (C=O) groups is 1. The molecule has 1 atom stereocenters. The lowest BCUT2D eigenvalue weighted by atomic mass is 9.96. The molecule has 0 radical (unpaired) electrons. The molecule has 19 heavy (non-hydrogen) atoms. The molecule has 0 saturated carbocycles. The number of aliphatic hydroxyl groups excluding tert-OH is 1. The summed E-state index contributed by atoms with van der Waals surface area (Å²) < 4.78 is 4.54. The Morgan fingerprint density at radius 2 is 2.16 bits per heavy atom. The molecule has 106 valence electrons. The molecule has 0 aliphatic rings. The number of carbonyl (C=O) groups excluding carboxylic acids is 1. The summed E-state index contributed by atoms with van der Waals surface area (Å²) in [6.07, 6.45) is 0.576. The predicted octanol–water partition coefficient (Wildman–Crippen LogP) is 2.22. The monoisotopic (exact) mass is 305 g/mol. The van der Waals surface area contributed by atoms with Gasteiger partial charge in [0, 0.05) is 13.2 Å². The SMILES string of the molecule is COC(=O)CNCC(CCO)c1ccc(Cl)c(Cl)c1. The molecular weight excluding hydrogens is 289 g/mol. The van der Waals surface area contributed by atoms with E-state index in [9.17, 15) is 4.79 Å². The van der Waals surface area contributed by atoms with E-state index in [0.717, 1.165) is 5.56 Å². The molecule has 0 amide bonds. The van der Waals surface area contributed by atoms with Crippen LogP contribution in [0.2, 0.25) is 10.0 Å². The number of rotatable bonds is 7. The minimum absolute atomic E-state index is 0.0597. The van der Waals surface area contributed by atoms with Crippen molar-refractivity contribution in [3.63, 3.8) is 0 Å². The highest BCUT2D eigenvalue weighted by Crippen LogP contribution is 2.27. The first kappa shape index (κ1) is 16.2. The fourth-order valence-electron chi connectivity index (χ4n) is 1.73. The smallest absolute Gasteiger partial charge is 0.319 e. The maximum atomic E-state index is 11.0. The van der Waals surface area contributed by atoms with Crippen LogP contribution in [0.15, 0.2) is 18.2 Å². The molecule has 0 aliphatic heterocycles. The predicted molar refractivity (Wildman–Crippen MR) is 75.8 cm³/mol. The summed E-state index contributed by atoms with van der Waals surface area (Å²) in [4.78, 5) is 11.0. The molecule has 6 heteroatoms. The van der Waals surface area contributed by atoms with E-state index in [1.54, 1.807) is 12.1 Å². The van der Waals surface area contributed by atoms with Gasteiger partial charge in [-0.3, -0.25) is 4.79 Å². The van der Waals surface area contributed by atoms with Gasteiger partial charge in [-0.15, -0.1) is 0 Å². The van der Waals surface area contributed by atoms with Crippen LogP contribution < -0.4 is 5.32 Å². The van der Waals surface area contributed by atoms with Gasteiger partial charge in [0.25, 0.3) is 0 Å². The fourth-order valence-corrected chi connectivity index (χ4v) is 2.04. The minimum Gasteiger partial charge on any atom is -0.468 e. The third-order valence-corrected chi connectivity index (χ3v) is 3.52. The molecule has 1 aromatic carbocycles. The third kappa shape index (κ3) is 5.37. The first-order valence-electron chi connectivity index (χ1n) is 5.91. The van der Waals surface area contributed by atoms with Crippen molar-refractivity contribution in [3.05, 3.63) is 33.8 Å². The van der Waals surface area contributed by atoms with E-state index < -0.39 is 0 Å². The van der Waals surface area contributed by atoms with E-state index in [-0.39, 0.29) is 25.0 Å². The van der Waals surface area contributed by atoms with Crippen LogP contribution in [0, 0.1) is 0 Å². The molecule has 1 rings (SSSR count). The molecular formula is C13H17Cl2NO3. The van der Waals surface area contributed by atoms with E-state index in [2.05, 4.69) is 10.1 Å². The van der Waals surface area contributed by atoms with Crippen molar-refractivity contribution in [2.24, 2.45) is 0 Å². The summed E-state index contributed by atoms with van der Waals surface area (Å²) in [6, 6.07) is 5.38. The Bertz CT molecular complexity index is 426. The molecule has 0 saturated heterocycles. The second kappa shape index (κ2) is 8.38. The van der Waals surface area contributed by atoms with Crippen LogP contribution in [0.1, 0.15) is 17.9 Å². The van der Waals surface area contributed by atoms with Gasteiger partial charge in [-0.1, -0.05) is 29.3 Å². The zero-order valence-corrected chi connectivity index (χ0v) is 12.2. The Hall–Kier alpha value is -0.810. The number of aliphatic hydroxyl groups is 1. The molecule has 0 aromatic heterocycles. The van der Waals surface area contributed by atoms with Gasteiger partial charge in [-0.25, -0.2) is 0 Å². The number of ether oxygens (including phenoxy) is 1. The van der Waals surface area contributed by atoms with Crippen molar-refractivity contribution in [2.75, 3.05) is 26.8 Å². The number of hydrogen-bond donors (Lipinski definition) is 2. The molecule has 0 bridgehead atoms. The molecule has 0 spiro atoms. The van der Waals surface area contributed by atoms with Crippen molar-refractivity contribution in [1.82, 2.24) is 5.32 Å². The average molecular weight is 306 g/mol. The van der Waals surface area contributed by atoms with Gasteiger partial charge in [-0.2, -0.15) is 0 Å². The molecule has 1 aromatic rings. The zero-order chi connectivity index (χ0) is 14.3. The van der Waals surface area contributed by atoms with Crippen molar-refractivity contribution >= 4 is 29.2 Å². The highest BCUT2D eigenvalue weighted by molar-refractivity contribution is 6.42. The molecule has 0 aliphatic carbocycles. The number of esters is 1. The zero-order valence-electron chi connectivity index (χ0n) is 10.7. The summed E-state index contributed by atoms with van der Waals surface area (Å²) >= 11 is 11.8. The normalized spacial score (nSPS) is 12.2. The van der Waals surface area contributed by atoms with Gasteiger partial charge in [0.15, 0.2) is 0 Å². The quantitative estimate of drug-likeness (QED) is 0.758. The first-order chi connectivity index (χ1) is 9.08. The highest BCUT2D eigenvalue weighted by atomic mass is 35.5. The summed E-state index contributed by atoms with van der Waals surface area (Å²) in [5.41, 5.74) is 0.973. The topological polar surface area (TPSA) is 58.6 Å². The number of hydrogen-bond acceptors (Lipinski definition) is 4. The molecule has 0 heterocycles. The number of methoxy groups -OCH3 is 1. The van der Waals surface area contributed by atoms with E-state index in [1.165, 1.54) is 7.11 Å². The van der Waals surface area contributed by atoms with Crippen LogP contribution in [0.25, 0.3) is 0 Å². The van der Waals surface area contributed by atoms with Crippen molar-refractivity contribution in [3.8, 4) is 0 Å². The lowest BCUT2D eigenvalue weighted by Gasteiger charge is -2.17. The van der Waals surface area contributed by atoms with Crippen LogP contribution in [0.3, 0.4) is 0 Å². The second-order valence-electron chi connectivity index (χ2n) is 4.09. The Labute approximate surface area is 122 Å². The Morgan fingerprint density at radius 3 is 2.74 bits per heavy atom. The summed E-state index contributed by atoms with van der Waals surface area (Å²) in [5.74, 6) is -0.263. The Balaban J connectivity index is 2.65. The summed E-state index contributed by atoms with van der Waals surface area (Å²) in [7, 11) is 1.34. The summed E-state index contributed by atoms with van der Waals surface area (Å²) in [5, 5.41) is 13.1. The molecule has 4 nitrogen and oxygen atoms in total. The number of benzene rings is 1. The van der Waals surface area contributed by atoms with Gasteiger partial charge in [0.05, 0.1) is 23.7 Å². The van der Waals surface area contributed by atoms with Gasteiger partial charge in [0.1, 0.15) is 0 Å². The molecule has 2 N–H and O–H groups in total.